The second-order valence-corrected chi connectivity index (χ2v) is 6.80. The fraction of sp³-hybridized carbons (Fsp3) is 0.647. The molecule has 0 aromatic heterocycles. The Kier molecular flexibility index (Phi) is 4.29. The van der Waals surface area contributed by atoms with Crippen molar-refractivity contribution in [3.63, 3.8) is 0 Å². The highest BCUT2D eigenvalue weighted by molar-refractivity contribution is 5.16. The van der Waals surface area contributed by atoms with Crippen LogP contribution in [0.3, 0.4) is 0 Å². The number of methoxy groups -OCH3 is 1. The Morgan fingerprint density at radius 1 is 1.29 bits per heavy atom. The largest absolute Gasteiger partial charge is 0.384 e. The number of nitrogens with zero attached hydrogens (tertiary/aromatic N) is 2. The van der Waals surface area contributed by atoms with Crippen LogP contribution in [0.15, 0.2) is 24.3 Å². The van der Waals surface area contributed by atoms with Crippen molar-refractivity contribution < 1.29 is 9.13 Å². The van der Waals surface area contributed by atoms with E-state index >= 15 is 0 Å². The van der Waals surface area contributed by atoms with Gasteiger partial charge in [0.2, 0.25) is 0 Å². The fourth-order valence-corrected chi connectivity index (χ4v) is 4.16. The first-order valence-electron chi connectivity index (χ1n) is 7.76. The van der Waals surface area contributed by atoms with Crippen molar-refractivity contribution in [3.05, 3.63) is 35.6 Å². The maximum Gasteiger partial charge on any atom is 0.123 e. The molecule has 0 N–H and O–H groups in total. The van der Waals surface area contributed by atoms with E-state index < -0.39 is 0 Å². The minimum absolute atomic E-state index is 0.158. The van der Waals surface area contributed by atoms with Gasteiger partial charge < -0.3 is 9.64 Å². The summed E-state index contributed by atoms with van der Waals surface area (Å²) in [6.45, 7) is 6.34. The molecule has 2 atom stereocenters. The molecule has 0 saturated carbocycles. The first kappa shape index (κ1) is 14.9. The summed E-state index contributed by atoms with van der Waals surface area (Å²) in [5, 5.41) is 0. The zero-order valence-electron chi connectivity index (χ0n) is 13.0. The smallest absolute Gasteiger partial charge is 0.123 e. The molecule has 2 fully saturated rings. The van der Waals surface area contributed by atoms with Crippen LogP contribution < -0.4 is 0 Å². The molecule has 0 aliphatic carbocycles. The quantitative estimate of drug-likeness (QED) is 0.846. The van der Waals surface area contributed by atoms with Crippen molar-refractivity contribution in [3.8, 4) is 0 Å². The highest BCUT2D eigenvalue weighted by atomic mass is 19.1. The van der Waals surface area contributed by atoms with E-state index in [0.717, 1.165) is 32.8 Å². The second kappa shape index (κ2) is 6.03. The van der Waals surface area contributed by atoms with Crippen LogP contribution in [0.4, 0.5) is 4.39 Å². The van der Waals surface area contributed by atoms with Gasteiger partial charge in [-0.15, -0.1) is 0 Å². The minimum Gasteiger partial charge on any atom is -0.384 e. The summed E-state index contributed by atoms with van der Waals surface area (Å²) in [6, 6.07) is 6.90. The molecule has 116 valence electrons. The third-order valence-corrected chi connectivity index (χ3v) is 5.13. The Morgan fingerprint density at radius 3 is 2.76 bits per heavy atom. The van der Waals surface area contributed by atoms with E-state index in [9.17, 15) is 4.39 Å². The summed E-state index contributed by atoms with van der Waals surface area (Å²) >= 11 is 0. The number of hydrogen-bond acceptors (Lipinski definition) is 3. The highest BCUT2D eigenvalue weighted by Gasteiger charge is 2.49. The average molecular weight is 292 g/mol. The molecular formula is C17H25FN2O. The van der Waals surface area contributed by atoms with Crippen LogP contribution >= 0.6 is 0 Å². The number of likely N-dealkylation sites (tertiary alicyclic amines) is 2. The molecule has 21 heavy (non-hydrogen) atoms. The lowest BCUT2D eigenvalue weighted by molar-refractivity contribution is 0.0959. The molecule has 4 heteroatoms. The predicted octanol–water partition coefficient (Wildman–Crippen LogP) is 2.23. The van der Waals surface area contributed by atoms with Gasteiger partial charge in [0.15, 0.2) is 0 Å². The van der Waals surface area contributed by atoms with Crippen molar-refractivity contribution in [2.24, 2.45) is 11.3 Å². The maximum atomic E-state index is 13.0. The van der Waals surface area contributed by atoms with Crippen molar-refractivity contribution in [1.29, 1.82) is 0 Å². The lowest BCUT2D eigenvalue weighted by Crippen LogP contribution is -2.36. The maximum absolute atomic E-state index is 13.0. The summed E-state index contributed by atoms with van der Waals surface area (Å²) in [5.74, 6) is 0.472. The number of halogens is 1. The Balaban J connectivity index is 1.65. The molecular weight excluding hydrogens is 267 g/mol. The summed E-state index contributed by atoms with van der Waals surface area (Å²) in [4.78, 5) is 4.94. The van der Waals surface area contributed by atoms with Crippen LogP contribution in [0.25, 0.3) is 0 Å². The van der Waals surface area contributed by atoms with Crippen LogP contribution in [-0.2, 0) is 11.3 Å². The number of ether oxygens (including phenoxy) is 1. The normalized spacial score (nSPS) is 30.5. The zero-order chi connectivity index (χ0) is 14.9. The van der Waals surface area contributed by atoms with Gasteiger partial charge in [-0.3, -0.25) is 4.90 Å². The van der Waals surface area contributed by atoms with Gasteiger partial charge in [0.25, 0.3) is 0 Å². The topological polar surface area (TPSA) is 15.7 Å². The zero-order valence-corrected chi connectivity index (χ0v) is 13.0. The molecule has 0 unspecified atom stereocenters. The van der Waals surface area contributed by atoms with Gasteiger partial charge in [-0.1, -0.05) is 12.1 Å². The van der Waals surface area contributed by atoms with E-state index in [1.165, 1.54) is 18.5 Å². The van der Waals surface area contributed by atoms with Gasteiger partial charge in [0, 0.05) is 44.6 Å². The van der Waals surface area contributed by atoms with Crippen LogP contribution in [0, 0.1) is 17.2 Å². The Labute approximate surface area is 126 Å². The van der Waals surface area contributed by atoms with Crippen molar-refractivity contribution >= 4 is 0 Å². The molecule has 1 aromatic rings. The average Bonchev–Trinajstić information content (AvgIpc) is 2.98. The molecule has 1 aromatic carbocycles. The number of hydrogen-bond donors (Lipinski definition) is 0. The SMILES string of the molecule is COC[C@@H]1CN(C)C[C@]12CCN(Cc1ccc(F)cc1)C2. The van der Waals surface area contributed by atoms with Gasteiger partial charge in [-0.2, -0.15) is 0 Å². The highest BCUT2D eigenvalue weighted by Crippen LogP contribution is 2.43. The lowest BCUT2D eigenvalue weighted by Gasteiger charge is -2.30. The summed E-state index contributed by atoms with van der Waals surface area (Å²) in [5.41, 5.74) is 1.58. The van der Waals surface area contributed by atoms with Crippen LogP contribution in [-0.4, -0.2) is 56.7 Å². The molecule has 0 amide bonds. The standard InChI is InChI=1S/C17H25FN2O/c1-19-10-15(11-21-2)17(12-19)7-8-20(13-17)9-14-3-5-16(18)6-4-14/h3-6,15H,7-13H2,1-2H3/t15-,17-/m0/s1. The molecule has 2 aliphatic heterocycles. The first-order valence-corrected chi connectivity index (χ1v) is 7.76. The van der Waals surface area contributed by atoms with Crippen LogP contribution in [0.2, 0.25) is 0 Å². The van der Waals surface area contributed by atoms with Gasteiger partial charge >= 0.3 is 0 Å². The summed E-state index contributed by atoms with van der Waals surface area (Å²) < 4.78 is 18.4. The van der Waals surface area contributed by atoms with Gasteiger partial charge in [0.1, 0.15) is 5.82 Å². The van der Waals surface area contributed by atoms with E-state index in [0.29, 0.717) is 11.3 Å². The molecule has 3 nitrogen and oxygen atoms in total. The molecule has 0 bridgehead atoms. The second-order valence-electron chi connectivity index (χ2n) is 6.80. The van der Waals surface area contributed by atoms with Crippen LogP contribution in [0.1, 0.15) is 12.0 Å². The van der Waals surface area contributed by atoms with E-state index in [1.54, 1.807) is 19.2 Å². The molecule has 3 rings (SSSR count). The Hall–Kier alpha value is -0.970. The third kappa shape index (κ3) is 3.12. The summed E-state index contributed by atoms with van der Waals surface area (Å²) in [7, 11) is 4.01. The van der Waals surface area contributed by atoms with Gasteiger partial charge in [0.05, 0.1) is 6.61 Å². The number of benzene rings is 1. The van der Waals surface area contributed by atoms with E-state index in [1.807, 2.05) is 12.1 Å². The van der Waals surface area contributed by atoms with Crippen molar-refractivity contribution in [2.75, 3.05) is 46.9 Å². The third-order valence-electron chi connectivity index (χ3n) is 5.13. The van der Waals surface area contributed by atoms with E-state index in [2.05, 4.69) is 16.8 Å². The van der Waals surface area contributed by atoms with E-state index in [-0.39, 0.29) is 5.82 Å². The monoisotopic (exact) mass is 292 g/mol. The van der Waals surface area contributed by atoms with Crippen LogP contribution in [0.5, 0.6) is 0 Å². The van der Waals surface area contributed by atoms with Crippen molar-refractivity contribution in [1.82, 2.24) is 9.80 Å². The number of rotatable bonds is 4. The predicted molar refractivity (Wildman–Crippen MR) is 81.6 cm³/mol. The fourth-order valence-electron chi connectivity index (χ4n) is 4.16. The molecule has 0 radical (unpaired) electrons. The lowest BCUT2D eigenvalue weighted by atomic mass is 9.77. The Morgan fingerprint density at radius 2 is 2.05 bits per heavy atom. The van der Waals surface area contributed by atoms with Gasteiger partial charge in [-0.05, 0) is 37.7 Å². The molecule has 2 aliphatic rings. The van der Waals surface area contributed by atoms with E-state index in [4.69, 9.17) is 4.74 Å². The molecule has 1 spiro atoms. The first-order chi connectivity index (χ1) is 10.1. The van der Waals surface area contributed by atoms with Gasteiger partial charge in [-0.25, -0.2) is 4.39 Å². The summed E-state index contributed by atoms with van der Waals surface area (Å²) in [6.07, 6.45) is 1.24. The minimum atomic E-state index is -0.158. The molecule has 2 heterocycles. The Bertz CT molecular complexity index is 478. The van der Waals surface area contributed by atoms with Crippen molar-refractivity contribution in [2.45, 2.75) is 13.0 Å². The molecule has 2 saturated heterocycles.